The Morgan fingerprint density at radius 1 is 1.23 bits per heavy atom. The summed E-state index contributed by atoms with van der Waals surface area (Å²) in [5.41, 5.74) is 7.96. The number of para-hydroxylation sites is 1. The van der Waals surface area contributed by atoms with Gasteiger partial charge in [0.1, 0.15) is 11.8 Å². The van der Waals surface area contributed by atoms with E-state index in [2.05, 4.69) is 50.2 Å². The summed E-state index contributed by atoms with van der Waals surface area (Å²) < 4.78 is 18.9. The highest BCUT2D eigenvalue weighted by molar-refractivity contribution is 6.48. The van der Waals surface area contributed by atoms with E-state index in [1.165, 1.54) is 0 Å². The van der Waals surface area contributed by atoms with Crippen LogP contribution in [0.25, 0.3) is 0 Å². The average Bonchev–Trinajstić information content (AvgIpc) is 3.30. The van der Waals surface area contributed by atoms with Crippen molar-refractivity contribution in [3.05, 3.63) is 39.9 Å². The van der Waals surface area contributed by atoms with Crippen LogP contribution < -0.4 is 26.5 Å². The summed E-state index contributed by atoms with van der Waals surface area (Å²) in [6.07, 6.45) is 3.21. The topological polar surface area (TPSA) is 179 Å². The Morgan fingerprint density at radius 2 is 1.95 bits per heavy atom. The van der Waals surface area contributed by atoms with Crippen LogP contribution in [0.1, 0.15) is 72.3 Å². The molecule has 0 unspecified atom stereocenters. The first-order chi connectivity index (χ1) is 20.7. The Kier molecular flexibility index (Phi) is 10.4. The van der Waals surface area contributed by atoms with Gasteiger partial charge in [0.2, 0.25) is 5.91 Å². The molecule has 2 bridgehead atoms. The second-order valence-electron chi connectivity index (χ2n) is 13.5. The predicted octanol–water partition coefficient (Wildman–Crippen LogP) is 2.53. The molecule has 242 valence electrons. The first-order valence-corrected chi connectivity index (χ1v) is 15.5. The Balaban J connectivity index is 1.43. The highest BCUT2D eigenvalue weighted by Crippen LogP contribution is 2.65. The van der Waals surface area contributed by atoms with Crippen molar-refractivity contribution in [3.63, 3.8) is 0 Å². The minimum atomic E-state index is -0.913. The van der Waals surface area contributed by atoms with Crippen LogP contribution in [0.15, 0.2) is 29.3 Å². The van der Waals surface area contributed by atoms with Crippen molar-refractivity contribution in [2.75, 3.05) is 13.2 Å². The van der Waals surface area contributed by atoms with E-state index in [9.17, 15) is 19.7 Å². The number of carbonyl (C=O) groups excluding carboxylic acids is 2. The van der Waals surface area contributed by atoms with Gasteiger partial charge >= 0.3 is 7.12 Å². The zero-order valence-electron chi connectivity index (χ0n) is 26.6. The van der Waals surface area contributed by atoms with E-state index < -0.39 is 35.6 Å². The molecule has 1 saturated heterocycles. The number of hydrogen-bond donors (Lipinski definition) is 4. The fraction of sp³-hybridized carbons (Fsp3) is 0.700. The summed E-state index contributed by atoms with van der Waals surface area (Å²) in [4.78, 5) is 41.2. The van der Waals surface area contributed by atoms with Gasteiger partial charge in [-0.25, -0.2) is 15.1 Å². The van der Waals surface area contributed by atoms with E-state index >= 15 is 0 Å². The summed E-state index contributed by atoms with van der Waals surface area (Å²) in [5, 5.41) is 15.7. The highest BCUT2D eigenvalue weighted by atomic mass is 16.7. The van der Waals surface area contributed by atoms with Gasteiger partial charge in [0.05, 0.1) is 17.6 Å². The fourth-order valence-electron chi connectivity index (χ4n) is 7.09. The molecule has 2 amide bonds. The molecule has 3 aliphatic carbocycles. The second kappa shape index (κ2) is 13.7. The van der Waals surface area contributed by atoms with Crippen molar-refractivity contribution in [2.45, 2.75) is 97.3 Å². The molecule has 4 aliphatic rings. The Hall–Kier alpha value is -3.39. The van der Waals surface area contributed by atoms with Crippen LogP contribution in [0.3, 0.4) is 0 Å². The highest BCUT2D eigenvalue weighted by Gasteiger charge is 2.68. The number of rotatable bonds is 14. The summed E-state index contributed by atoms with van der Waals surface area (Å²) in [6, 6.07) is 6.44. The molecule has 13 nitrogen and oxygen atoms in total. The minimum Gasteiger partial charge on any atom is -0.484 e. The van der Waals surface area contributed by atoms with Gasteiger partial charge in [0, 0.05) is 6.54 Å². The van der Waals surface area contributed by atoms with Crippen molar-refractivity contribution in [1.82, 2.24) is 16.1 Å². The van der Waals surface area contributed by atoms with Gasteiger partial charge in [-0.2, -0.15) is 0 Å². The van der Waals surface area contributed by atoms with E-state index in [0.717, 1.165) is 18.4 Å². The third kappa shape index (κ3) is 7.63. The van der Waals surface area contributed by atoms with Gasteiger partial charge in [-0.15, -0.1) is 0 Å². The number of nitrogens with one attached hydrogen (secondary N) is 3. The standard InChI is InChI=1S/C30H47BN6O7/c1-18(2)14-25(31-43-24-16-20-15-23(29(20,4)5)30(24,6)44-31)35-27(39)21(11-9-13-33-28(32)36-37(40)41)34-26(38)17-42-22-12-8-7-10-19(22)3/h7-8,10,12,18,20-21,23-25H,9,11,13-17H2,1-6H3,(H,34,38)(H,35,39)(H3,32,33,36)/t20-,21-,23-,24+,25-,30-/m0/s1. The fourth-order valence-corrected chi connectivity index (χ4v) is 7.09. The molecule has 44 heavy (non-hydrogen) atoms. The van der Waals surface area contributed by atoms with Crippen molar-refractivity contribution in [2.24, 2.45) is 33.9 Å². The molecule has 5 rings (SSSR count). The SMILES string of the molecule is Cc1ccccc1OCC(=O)N[C@@H](CCCN=C(N)N[N+](=O)[O-])C(=O)N[C@@H](CC(C)C)B1O[C@@H]2C[C@@H]3C[C@@H](C3(C)C)[C@]2(C)O1. The Bertz CT molecular complexity index is 1250. The van der Waals surface area contributed by atoms with Crippen LogP contribution in [0.2, 0.25) is 0 Å². The number of nitrogens with zero attached hydrogens (tertiary/aromatic N) is 2. The monoisotopic (exact) mass is 614 g/mol. The number of benzene rings is 1. The predicted molar refractivity (Wildman–Crippen MR) is 166 cm³/mol. The van der Waals surface area contributed by atoms with Gasteiger partial charge in [-0.1, -0.05) is 51.3 Å². The van der Waals surface area contributed by atoms with Crippen LogP contribution >= 0.6 is 0 Å². The zero-order chi connectivity index (χ0) is 32.2. The van der Waals surface area contributed by atoms with Gasteiger partial charge in [-0.05, 0) is 80.8 Å². The van der Waals surface area contributed by atoms with Crippen LogP contribution in [-0.4, -0.2) is 66.8 Å². The number of nitro groups is 1. The number of aliphatic imine (C=N–C) groups is 1. The third-order valence-electron chi connectivity index (χ3n) is 9.59. The number of hydrogen-bond acceptors (Lipinski definition) is 8. The van der Waals surface area contributed by atoms with Crippen molar-refractivity contribution < 1.29 is 28.7 Å². The maximum atomic E-state index is 13.8. The molecule has 4 fully saturated rings. The molecule has 0 radical (unpaired) electrons. The van der Waals surface area contributed by atoms with E-state index in [4.69, 9.17) is 19.8 Å². The smallest absolute Gasteiger partial charge is 0.481 e. The van der Waals surface area contributed by atoms with E-state index in [-0.39, 0.29) is 48.9 Å². The Morgan fingerprint density at radius 3 is 2.61 bits per heavy atom. The van der Waals surface area contributed by atoms with Gasteiger partial charge in [0.25, 0.3) is 11.9 Å². The molecule has 1 heterocycles. The summed E-state index contributed by atoms with van der Waals surface area (Å²) >= 11 is 0. The number of hydrazine groups is 1. The molecule has 5 N–H and O–H groups in total. The van der Waals surface area contributed by atoms with Crippen LogP contribution in [0.5, 0.6) is 5.75 Å². The van der Waals surface area contributed by atoms with Crippen molar-refractivity contribution in [3.8, 4) is 5.75 Å². The summed E-state index contributed by atoms with van der Waals surface area (Å²) in [6.45, 7) is 12.6. The largest absolute Gasteiger partial charge is 0.484 e. The molecule has 1 aromatic rings. The molecule has 0 spiro atoms. The lowest BCUT2D eigenvalue weighted by Gasteiger charge is -2.64. The van der Waals surface area contributed by atoms with Gasteiger partial charge in [0.15, 0.2) is 11.6 Å². The second-order valence-corrected chi connectivity index (χ2v) is 13.5. The molecular formula is C30H47BN6O7. The zero-order valence-corrected chi connectivity index (χ0v) is 26.6. The Labute approximate surface area is 259 Å². The van der Waals surface area contributed by atoms with Crippen LogP contribution in [-0.2, 0) is 18.9 Å². The van der Waals surface area contributed by atoms with Gasteiger partial charge < -0.3 is 30.4 Å². The molecule has 0 aromatic heterocycles. The molecule has 6 atom stereocenters. The third-order valence-corrected chi connectivity index (χ3v) is 9.59. The lowest BCUT2D eigenvalue weighted by molar-refractivity contribution is -0.525. The quantitative estimate of drug-likeness (QED) is 0.0612. The number of ether oxygens (including phenoxy) is 1. The lowest BCUT2D eigenvalue weighted by atomic mass is 9.43. The van der Waals surface area contributed by atoms with Gasteiger partial charge in [-0.3, -0.25) is 9.59 Å². The molecule has 14 heteroatoms. The molecule has 1 aromatic carbocycles. The first-order valence-electron chi connectivity index (χ1n) is 15.5. The van der Waals surface area contributed by atoms with E-state index in [1.807, 2.05) is 25.1 Å². The number of amides is 2. The minimum absolute atomic E-state index is 0.0268. The van der Waals surface area contributed by atoms with Crippen LogP contribution in [0.4, 0.5) is 0 Å². The van der Waals surface area contributed by atoms with Crippen LogP contribution in [0, 0.1) is 40.2 Å². The normalized spacial score (nSPS) is 26.7. The maximum absolute atomic E-state index is 13.8. The van der Waals surface area contributed by atoms with E-state index in [0.29, 0.717) is 30.4 Å². The molecular weight excluding hydrogens is 567 g/mol. The summed E-state index contributed by atoms with van der Waals surface area (Å²) in [5.74, 6) is 0.214. The number of nitrogens with two attached hydrogens (primary N) is 1. The maximum Gasteiger partial charge on any atom is 0.481 e. The van der Waals surface area contributed by atoms with E-state index in [1.54, 1.807) is 11.5 Å². The number of carbonyl (C=O) groups is 2. The lowest BCUT2D eigenvalue weighted by Crippen LogP contribution is -2.65. The number of aryl methyl sites for hydroxylation is 1. The summed E-state index contributed by atoms with van der Waals surface area (Å²) in [7, 11) is -0.607. The molecule has 3 saturated carbocycles. The van der Waals surface area contributed by atoms with Crippen molar-refractivity contribution >= 4 is 24.9 Å². The molecule has 1 aliphatic heterocycles. The average molecular weight is 615 g/mol. The first kappa shape index (κ1) is 33.5. The van der Waals surface area contributed by atoms with Crippen molar-refractivity contribution in [1.29, 1.82) is 0 Å². The number of guanidine groups is 1.